The number of hydrogen-bond acceptors (Lipinski definition) is 1. The van der Waals surface area contributed by atoms with Gasteiger partial charge in [0, 0.05) is 0 Å². The first-order valence-electron chi connectivity index (χ1n) is 9.43. The minimum atomic E-state index is -5.72. The summed E-state index contributed by atoms with van der Waals surface area (Å²) in [6.45, 7) is 2.21. The van der Waals surface area contributed by atoms with Crippen molar-refractivity contribution in [3.63, 3.8) is 0 Å². The van der Waals surface area contributed by atoms with Gasteiger partial charge < -0.3 is 4.74 Å². The van der Waals surface area contributed by atoms with Crippen molar-refractivity contribution in [3.8, 4) is 5.75 Å². The molecule has 1 saturated carbocycles. The molecule has 0 amide bonds. The van der Waals surface area contributed by atoms with Crippen LogP contribution in [0.1, 0.15) is 63.9 Å². The van der Waals surface area contributed by atoms with Crippen LogP contribution < -0.4 is 4.74 Å². The lowest BCUT2D eigenvalue weighted by atomic mass is 9.78. The Balaban J connectivity index is 1.76. The number of hydrogen-bond donors (Lipinski definition) is 0. The van der Waals surface area contributed by atoms with E-state index in [1.807, 2.05) is 0 Å². The Bertz CT molecular complexity index is 530. The summed E-state index contributed by atoms with van der Waals surface area (Å²) in [5, 5.41) is 0. The quantitative estimate of drug-likeness (QED) is 0.437. The van der Waals surface area contributed by atoms with E-state index in [2.05, 4.69) is 11.7 Å². The fourth-order valence-electron chi connectivity index (χ4n) is 3.60. The van der Waals surface area contributed by atoms with Crippen molar-refractivity contribution >= 4 is 0 Å². The molecule has 0 aromatic heterocycles. The van der Waals surface area contributed by atoms with Crippen LogP contribution in [0.15, 0.2) is 24.3 Å². The van der Waals surface area contributed by atoms with Crippen LogP contribution in [0.4, 0.5) is 22.0 Å². The standard InChI is InChI=1S/C20H27F5O/c1-2-3-4-15-5-7-16(8-6-15)9-10-17-11-13-18(14-12-17)26-20(24,25)19(21,22)23/h11-16H,2-10H2,1H3. The lowest BCUT2D eigenvalue weighted by molar-refractivity contribution is -0.360. The van der Waals surface area contributed by atoms with Gasteiger partial charge in [0.2, 0.25) is 0 Å². The van der Waals surface area contributed by atoms with E-state index >= 15 is 0 Å². The second kappa shape index (κ2) is 9.05. The lowest BCUT2D eigenvalue weighted by Gasteiger charge is -2.28. The van der Waals surface area contributed by atoms with Gasteiger partial charge in [0.15, 0.2) is 0 Å². The van der Waals surface area contributed by atoms with Crippen LogP contribution in [-0.2, 0) is 6.42 Å². The molecule has 0 spiro atoms. The molecule has 0 aliphatic heterocycles. The topological polar surface area (TPSA) is 9.23 Å². The molecule has 0 saturated heterocycles. The third-order valence-electron chi connectivity index (χ3n) is 5.27. The van der Waals surface area contributed by atoms with Crippen molar-refractivity contribution in [2.45, 2.75) is 77.0 Å². The van der Waals surface area contributed by atoms with Gasteiger partial charge in [-0.3, -0.25) is 0 Å². The number of alkyl halides is 5. The smallest absolute Gasteiger partial charge is 0.426 e. The molecule has 1 aliphatic carbocycles. The molecule has 26 heavy (non-hydrogen) atoms. The van der Waals surface area contributed by atoms with Crippen molar-refractivity contribution in [2.75, 3.05) is 0 Å². The Morgan fingerprint density at radius 3 is 1.92 bits per heavy atom. The fourth-order valence-corrected chi connectivity index (χ4v) is 3.60. The summed E-state index contributed by atoms with van der Waals surface area (Å²) in [4.78, 5) is 0. The van der Waals surface area contributed by atoms with Crippen LogP contribution in [0.25, 0.3) is 0 Å². The number of halogens is 5. The van der Waals surface area contributed by atoms with Gasteiger partial charge in [0.1, 0.15) is 5.75 Å². The molecule has 1 aliphatic rings. The third-order valence-corrected chi connectivity index (χ3v) is 5.27. The fraction of sp³-hybridized carbons (Fsp3) is 0.700. The van der Waals surface area contributed by atoms with Crippen molar-refractivity contribution in [1.82, 2.24) is 0 Å². The van der Waals surface area contributed by atoms with Crippen LogP contribution in [0, 0.1) is 11.8 Å². The zero-order chi connectivity index (χ0) is 19.2. The van der Waals surface area contributed by atoms with Crippen LogP contribution in [0.3, 0.4) is 0 Å². The molecular weight excluding hydrogens is 351 g/mol. The third kappa shape index (κ3) is 6.13. The average Bonchev–Trinajstić information content (AvgIpc) is 2.59. The van der Waals surface area contributed by atoms with E-state index < -0.39 is 18.0 Å². The summed E-state index contributed by atoms with van der Waals surface area (Å²) >= 11 is 0. The van der Waals surface area contributed by atoms with Crippen LogP contribution in [0.5, 0.6) is 5.75 Å². The molecule has 0 N–H and O–H groups in total. The molecule has 0 bridgehead atoms. The first kappa shape index (κ1) is 21.0. The molecule has 1 aromatic rings. The van der Waals surface area contributed by atoms with Gasteiger partial charge in [-0.2, -0.15) is 22.0 Å². The largest absolute Gasteiger partial charge is 0.499 e. The predicted molar refractivity (Wildman–Crippen MR) is 91.4 cm³/mol. The molecule has 0 unspecified atom stereocenters. The highest BCUT2D eigenvalue weighted by Crippen LogP contribution is 2.37. The van der Waals surface area contributed by atoms with E-state index in [-0.39, 0.29) is 0 Å². The molecule has 0 atom stereocenters. The van der Waals surface area contributed by atoms with Crippen LogP contribution >= 0.6 is 0 Å². The first-order chi connectivity index (χ1) is 12.2. The molecular formula is C20H27F5O. The molecule has 6 heteroatoms. The van der Waals surface area contributed by atoms with Crippen LogP contribution in [-0.4, -0.2) is 12.3 Å². The van der Waals surface area contributed by atoms with Gasteiger partial charge in [0.05, 0.1) is 0 Å². The Hall–Kier alpha value is -1.33. The van der Waals surface area contributed by atoms with Gasteiger partial charge in [0.25, 0.3) is 0 Å². The summed E-state index contributed by atoms with van der Waals surface area (Å²) in [5.41, 5.74) is 0.931. The van der Waals surface area contributed by atoms with E-state index in [1.165, 1.54) is 57.1 Å². The summed E-state index contributed by atoms with van der Waals surface area (Å²) < 4.78 is 66.0. The highest BCUT2D eigenvalue weighted by Gasteiger charge is 2.61. The van der Waals surface area contributed by atoms with Gasteiger partial charge in [-0.1, -0.05) is 64.0 Å². The van der Waals surface area contributed by atoms with Gasteiger partial charge in [-0.25, -0.2) is 0 Å². The Kier molecular flexibility index (Phi) is 7.30. The van der Waals surface area contributed by atoms with E-state index in [9.17, 15) is 22.0 Å². The second-order valence-corrected chi connectivity index (χ2v) is 7.33. The number of rotatable bonds is 8. The highest BCUT2D eigenvalue weighted by atomic mass is 19.4. The van der Waals surface area contributed by atoms with Crippen LogP contribution in [0.2, 0.25) is 0 Å². The van der Waals surface area contributed by atoms with E-state index in [4.69, 9.17) is 0 Å². The maximum absolute atomic E-state index is 12.9. The second-order valence-electron chi connectivity index (χ2n) is 7.33. The lowest BCUT2D eigenvalue weighted by Crippen LogP contribution is -2.41. The zero-order valence-electron chi connectivity index (χ0n) is 15.1. The summed E-state index contributed by atoms with van der Waals surface area (Å²) in [6.07, 6.45) is -0.167. The van der Waals surface area contributed by atoms with Crippen molar-refractivity contribution in [2.24, 2.45) is 11.8 Å². The first-order valence-corrected chi connectivity index (χ1v) is 9.43. The number of ether oxygens (including phenoxy) is 1. The maximum atomic E-state index is 12.9. The molecule has 1 fully saturated rings. The minimum Gasteiger partial charge on any atom is -0.426 e. The summed E-state index contributed by atoms with van der Waals surface area (Å²) in [5.74, 6) is 1.06. The monoisotopic (exact) mass is 378 g/mol. The van der Waals surface area contributed by atoms with Gasteiger partial charge in [-0.05, 0) is 42.4 Å². The van der Waals surface area contributed by atoms with Gasteiger partial charge >= 0.3 is 12.3 Å². The van der Waals surface area contributed by atoms with Crippen molar-refractivity contribution in [3.05, 3.63) is 29.8 Å². The summed E-state index contributed by atoms with van der Waals surface area (Å²) in [6, 6.07) is 5.48. The molecule has 1 aromatic carbocycles. The van der Waals surface area contributed by atoms with Crippen molar-refractivity contribution < 1.29 is 26.7 Å². The van der Waals surface area contributed by atoms with Crippen molar-refractivity contribution in [1.29, 1.82) is 0 Å². The molecule has 0 radical (unpaired) electrons. The number of aryl methyl sites for hydroxylation is 1. The van der Waals surface area contributed by atoms with E-state index in [0.717, 1.165) is 24.3 Å². The number of benzene rings is 1. The molecule has 1 nitrogen and oxygen atoms in total. The Morgan fingerprint density at radius 1 is 0.885 bits per heavy atom. The average molecular weight is 378 g/mol. The normalized spacial score (nSPS) is 21.6. The highest BCUT2D eigenvalue weighted by molar-refractivity contribution is 5.27. The summed E-state index contributed by atoms with van der Waals surface area (Å²) in [7, 11) is 0. The van der Waals surface area contributed by atoms with E-state index in [0.29, 0.717) is 5.92 Å². The Morgan fingerprint density at radius 2 is 1.42 bits per heavy atom. The predicted octanol–water partition coefficient (Wildman–Crippen LogP) is 7.15. The van der Waals surface area contributed by atoms with Gasteiger partial charge in [-0.15, -0.1) is 0 Å². The molecule has 148 valence electrons. The maximum Gasteiger partial charge on any atom is 0.499 e. The Labute approximate surface area is 151 Å². The minimum absolute atomic E-state index is 0.479. The van der Waals surface area contributed by atoms with E-state index in [1.54, 1.807) is 12.1 Å². The SMILES string of the molecule is CCCCC1CCC(CCc2ccc(OC(F)(F)C(F)(F)F)cc2)CC1. The molecule has 0 heterocycles. The molecule has 2 rings (SSSR count). The zero-order valence-corrected chi connectivity index (χ0v) is 15.1. The number of unbranched alkanes of at least 4 members (excludes halogenated alkanes) is 1.